The van der Waals surface area contributed by atoms with E-state index in [4.69, 9.17) is 9.94 Å². The molecule has 1 N–H and O–H groups in total. The fourth-order valence-corrected chi connectivity index (χ4v) is 1.97. The Morgan fingerprint density at radius 1 is 1.24 bits per heavy atom. The number of carboxylic acid groups (broad SMARTS) is 1. The van der Waals surface area contributed by atoms with Crippen LogP contribution in [0, 0.1) is 0 Å². The zero-order valence-corrected chi connectivity index (χ0v) is 12.0. The molecule has 0 saturated heterocycles. The summed E-state index contributed by atoms with van der Waals surface area (Å²) in [7, 11) is 5.28. The molecule has 1 aromatic carbocycles. The van der Waals surface area contributed by atoms with Crippen LogP contribution >= 0.6 is 0 Å². The van der Waals surface area contributed by atoms with Gasteiger partial charge in [0.05, 0.1) is 11.9 Å². The van der Waals surface area contributed by atoms with E-state index in [-0.39, 0.29) is 5.56 Å². The molecule has 0 spiro atoms. The fourth-order valence-electron chi connectivity index (χ4n) is 1.97. The highest BCUT2D eigenvalue weighted by atomic mass is 16.6. The van der Waals surface area contributed by atoms with Crippen molar-refractivity contribution in [1.29, 1.82) is 0 Å². The van der Waals surface area contributed by atoms with Crippen molar-refractivity contribution in [3.8, 4) is 11.3 Å². The van der Waals surface area contributed by atoms with Gasteiger partial charge in [-0.15, -0.1) is 0 Å². The van der Waals surface area contributed by atoms with E-state index in [1.54, 1.807) is 0 Å². The average molecular weight is 288 g/mol. The van der Waals surface area contributed by atoms with Gasteiger partial charge in [0.1, 0.15) is 12.7 Å². The molecule has 0 radical (unpaired) electrons. The first kappa shape index (κ1) is 14.6. The van der Waals surface area contributed by atoms with E-state index >= 15 is 0 Å². The van der Waals surface area contributed by atoms with Crippen LogP contribution in [0.5, 0.6) is 0 Å². The van der Waals surface area contributed by atoms with E-state index in [1.165, 1.54) is 24.1 Å². The summed E-state index contributed by atoms with van der Waals surface area (Å²) in [5.41, 5.74) is 1.40. The van der Waals surface area contributed by atoms with Crippen molar-refractivity contribution < 1.29 is 14.7 Å². The largest absolute Gasteiger partial charge is 0.477 e. The van der Waals surface area contributed by atoms with Crippen LogP contribution in [-0.2, 0) is 0 Å². The molecule has 0 atom stereocenters. The molecule has 0 unspecified atom stereocenters. The maximum absolute atomic E-state index is 11.8. The molecule has 0 bridgehead atoms. The van der Waals surface area contributed by atoms with Crippen LogP contribution in [0.25, 0.3) is 11.3 Å². The van der Waals surface area contributed by atoms with Gasteiger partial charge in [-0.3, -0.25) is 4.79 Å². The van der Waals surface area contributed by atoms with Crippen molar-refractivity contribution in [3.63, 3.8) is 0 Å². The van der Waals surface area contributed by atoms with Gasteiger partial charge in [-0.05, 0) is 12.1 Å². The predicted octanol–water partition coefficient (Wildman–Crippen LogP) is 1.34. The second-order valence-corrected chi connectivity index (χ2v) is 4.69. The van der Waals surface area contributed by atoms with Crippen LogP contribution in [-0.4, -0.2) is 37.0 Å². The molecular formula is C15H16N2O4. The van der Waals surface area contributed by atoms with Crippen LogP contribution in [0.1, 0.15) is 10.4 Å². The Bertz CT molecular complexity index is 717. The number of rotatable bonds is 4. The third-order valence-electron chi connectivity index (χ3n) is 3.12. The first-order valence-corrected chi connectivity index (χ1v) is 6.26. The lowest BCUT2D eigenvalue weighted by Crippen LogP contribution is -2.21. The SMILES string of the molecule is COn1cc(C(=O)O)c(=O)cc1-c1ccc(N(C)C)cc1. The lowest BCUT2D eigenvalue weighted by molar-refractivity contribution is 0.0690. The van der Waals surface area contributed by atoms with Gasteiger partial charge in [0, 0.05) is 31.4 Å². The Hall–Kier alpha value is -2.76. The Labute approximate surface area is 121 Å². The van der Waals surface area contributed by atoms with E-state index in [9.17, 15) is 9.59 Å². The second kappa shape index (κ2) is 5.70. The number of carbonyl (C=O) groups is 1. The highest BCUT2D eigenvalue weighted by Gasteiger charge is 2.14. The highest BCUT2D eigenvalue weighted by molar-refractivity contribution is 5.87. The zero-order valence-electron chi connectivity index (χ0n) is 12.0. The van der Waals surface area contributed by atoms with E-state index in [1.807, 2.05) is 43.3 Å². The summed E-state index contributed by atoms with van der Waals surface area (Å²) in [5, 5.41) is 8.97. The number of hydrogen-bond acceptors (Lipinski definition) is 4. The smallest absolute Gasteiger partial charge is 0.341 e. The van der Waals surface area contributed by atoms with Crippen molar-refractivity contribution in [2.75, 3.05) is 26.1 Å². The molecule has 0 saturated carbocycles. The monoisotopic (exact) mass is 288 g/mol. The van der Waals surface area contributed by atoms with Gasteiger partial charge in [-0.1, -0.05) is 12.1 Å². The van der Waals surface area contributed by atoms with Crippen LogP contribution in [0.4, 0.5) is 5.69 Å². The molecule has 6 nitrogen and oxygen atoms in total. The van der Waals surface area contributed by atoms with Gasteiger partial charge in [0.2, 0.25) is 0 Å². The summed E-state index contributed by atoms with van der Waals surface area (Å²) in [6.45, 7) is 0. The molecule has 0 fully saturated rings. The number of aromatic nitrogens is 1. The number of carboxylic acids is 1. The minimum absolute atomic E-state index is 0.328. The van der Waals surface area contributed by atoms with E-state index < -0.39 is 11.4 Å². The summed E-state index contributed by atoms with van der Waals surface area (Å²) in [4.78, 5) is 29.9. The third-order valence-corrected chi connectivity index (χ3v) is 3.12. The normalized spacial score (nSPS) is 10.2. The van der Waals surface area contributed by atoms with Crippen molar-refractivity contribution >= 4 is 11.7 Å². The number of benzene rings is 1. The number of pyridine rings is 1. The van der Waals surface area contributed by atoms with Crippen molar-refractivity contribution in [2.24, 2.45) is 0 Å². The Morgan fingerprint density at radius 3 is 2.33 bits per heavy atom. The van der Waals surface area contributed by atoms with Crippen LogP contribution < -0.4 is 15.2 Å². The summed E-state index contributed by atoms with van der Waals surface area (Å²) >= 11 is 0. The highest BCUT2D eigenvalue weighted by Crippen LogP contribution is 2.21. The van der Waals surface area contributed by atoms with E-state index in [2.05, 4.69) is 0 Å². The topological polar surface area (TPSA) is 71.8 Å². The maximum Gasteiger partial charge on any atom is 0.341 e. The Kier molecular flexibility index (Phi) is 3.98. The van der Waals surface area contributed by atoms with Crippen LogP contribution in [0.2, 0.25) is 0 Å². The number of aromatic carboxylic acids is 1. The summed E-state index contributed by atoms with van der Waals surface area (Å²) in [5.74, 6) is -1.28. The van der Waals surface area contributed by atoms with Gasteiger partial charge < -0.3 is 14.8 Å². The van der Waals surface area contributed by atoms with Crippen LogP contribution in [0.3, 0.4) is 0 Å². The number of hydrogen-bond donors (Lipinski definition) is 1. The minimum Gasteiger partial charge on any atom is -0.477 e. The average Bonchev–Trinajstić information content (AvgIpc) is 2.46. The summed E-state index contributed by atoms with van der Waals surface area (Å²) in [6.07, 6.45) is 1.18. The molecule has 0 amide bonds. The van der Waals surface area contributed by atoms with Gasteiger partial charge in [0.15, 0.2) is 5.43 Å². The van der Waals surface area contributed by atoms with Gasteiger partial charge in [-0.2, -0.15) is 4.73 Å². The van der Waals surface area contributed by atoms with E-state index in [0.717, 1.165) is 11.3 Å². The van der Waals surface area contributed by atoms with Gasteiger partial charge in [0.25, 0.3) is 0 Å². The third kappa shape index (κ3) is 2.89. The standard InChI is InChI=1S/C15H16N2O4/c1-16(2)11-6-4-10(5-7-11)13-8-14(18)12(15(19)20)9-17(13)21-3/h4-9H,1-3H3,(H,19,20). The zero-order chi connectivity index (χ0) is 15.6. The summed E-state index contributed by atoms with van der Waals surface area (Å²) < 4.78 is 1.27. The first-order chi connectivity index (χ1) is 9.93. The molecule has 110 valence electrons. The molecule has 6 heteroatoms. The second-order valence-electron chi connectivity index (χ2n) is 4.69. The number of anilines is 1. The fraction of sp³-hybridized carbons (Fsp3) is 0.200. The maximum atomic E-state index is 11.8. The van der Waals surface area contributed by atoms with Crippen molar-refractivity contribution in [2.45, 2.75) is 0 Å². The molecule has 0 aliphatic heterocycles. The lowest BCUT2D eigenvalue weighted by atomic mass is 10.1. The quantitative estimate of drug-likeness (QED) is 0.919. The molecule has 21 heavy (non-hydrogen) atoms. The molecule has 0 aliphatic rings. The minimum atomic E-state index is -1.28. The summed E-state index contributed by atoms with van der Waals surface area (Å²) in [6, 6.07) is 8.77. The van der Waals surface area contributed by atoms with Crippen molar-refractivity contribution in [1.82, 2.24) is 4.73 Å². The first-order valence-electron chi connectivity index (χ1n) is 6.26. The van der Waals surface area contributed by atoms with Gasteiger partial charge >= 0.3 is 5.97 Å². The molecular weight excluding hydrogens is 272 g/mol. The molecule has 1 heterocycles. The molecule has 0 aliphatic carbocycles. The Morgan fingerprint density at radius 2 is 1.86 bits per heavy atom. The molecule has 2 aromatic rings. The van der Waals surface area contributed by atoms with Crippen molar-refractivity contribution in [3.05, 3.63) is 52.3 Å². The lowest BCUT2D eigenvalue weighted by Gasteiger charge is -2.15. The molecule has 1 aromatic heterocycles. The van der Waals surface area contributed by atoms with Crippen LogP contribution in [0.15, 0.2) is 41.3 Å². The predicted molar refractivity (Wildman–Crippen MR) is 79.9 cm³/mol. The van der Waals surface area contributed by atoms with E-state index in [0.29, 0.717) is 5.69 Å². The number of nitrogens with zero attached hydrogens (tertiary/aromatic N) is 2. The molecule has 2 rings (SSSR count). The Balaban J connectivity index is 2.55. The van der Waals surface area contributed by atoms with Gasteiger partial charge in [-0.25, -0.2) is 4.79 Å².